The van der Waals surface area contributed by atoms with Gasteiger partial charge in [-0.15, -0.1) is 0 Å². The lowest BCUT2D eigenvalue weighted by Gasteiger charge is -2.45. The first-order valence-electron chi connectivity index (χ1n) is 13.6. The number of nitrogens with zero attached hydrogens (tertiary/aromatic N) is 1. The van der Waals surface area contributed by atoms with Crippen LogP contribution >= 0.6 is 0 Å². The van der Waals surface area contributed by atoms with Crippen molar-refractivity contribution in [2.45, 2.75) is 18.8 Å². The number of rotatable bonds is 5. The van der Waals surface area contributed by atoms with Gasteiger partial charge in [0.05, 0.1) is 23.1 Å². The Morgan fingerprint density at radius 3 is 1.68 bits per heavy atom. The molecule has 1 fully saturated rings. The number of hydrogen-bond acceptors (Lipinski definition) is 5. The summed E-state index contributed by atoms with van der Waals surface area (Å²) in [5, 5.41) is 2.68. The van der Waals surface area contributed by atoms with Crippen LogP contribution in [0.3, 0.4) is 0 Å². The van der Waals surface area contributed by atoms with Crippen LogP contribution in [0.2, 0.25) is 0 Å². The van der Waals surface area contributed by atoms with Crippen molar-refractivity contribution >= 4 is 35.1 Å². The number of carbonyl (C=O) groups excluding carboxylic acids is 4. The number of nitrogens with one attached hydrogen (secondary N) is 1. The highest BCUT2D eigenvalue weighted by molar-refractivity contribution is 6.23. The van der Waals surface area contributed by atoms with Crippen molar-refractivity contribution in [3.05, 3.63) is 130 Å². The number of carbonyl (C=O) groups is 4. The highest BCUT2D eigenvalue weighted by Crippen LogP contribution is 2.61. The van der Waals surface area contributed by atoms with E-state index in [2.05, 4.69) is 29.6 Å². The molecule has 3 aliphatic carbocycles. The monoisotopic (exact) mass is 542 g/mol. The van der Waals surface area contributed by atoms with E-state index >= 15 is 0 Å². The van der Waals surface area contributed by atoms with Gasteiger partial charge in [0, 0.05) is 17.5 Å². The van der Waals surface area contributed by atoms with Gasteiger partial charge in [-0.25, -0.2) is 9.69 Å². The van der Waals surface area contributed by atoms with E-state index in [1.165, 1.54) is 17.0 Å². The van der Waals surface area contributed by atoms with Crippen molar-refractivity contribution in [3.63, 3.8) is 0 Å². The maximum atomic E-state index is 13.9. The Morgan fingerprint density at radius 2 is 1.20 bits per heavy atom. The molecule has 4 aromatic carbocycles. The number of aryl methyl sites for hydroxylation is 1. The Morgan fingerprint density at radius 1 is 0.707 bits per heavy atom. The highest BCUT2D eigenvalue weighted by Gasteiger charge is 2.61. The fourth-order valence-electron chi connectivity index (χ4n) is 6.73. The molecule has 4 aliphatic rings. The average Bonchev–Trinajstić information content (AvgIpc) is 3.27. The van der Waals surface area contributed by atoms with E-state index in [-0.39, 0.29) is 29.2 Å². The third-order valence-corrected chi connectivity index (χ3v) is 8.48. The van der Waals surface area contributed by atoms with E-state index in [0.717, 1.165) is 27.8 Å². The Bertz CT molecular complexity index is 1610. The van der Waals surface area contributed by atoms with Crippen molar-refractivity contribution < 1.29 is 23.9 Å². The molecule has 4 aromatic rings. The van der Waals surface area contributed by atoms with E-state index in [4.69, 9.17) is 4.74 Å². The van der Waals surface area contributed by atoms with Crippen molar-refractivity contribution in [3.8, 4) is 0 Å². The molecule has 202 valence electrons. The predicted octanol–water partition coefficient (Wildman–Crippen LogP) is 5.19. The summed E-state index contributed by atoms with van der Waals surface area (Å²) in [5.74, 6) is -2.89. The maximum absolute atomic E-state index is 13.9. The molecule has 8 rings (SSSR count). The molecule has 0 saturated carbocycles. The number of ether oxygens (including phenoxy) is 1. The molecule has 1 aliphatic heterocycles. The fourth-order valence-corrected chi connectivity index (χ4v) is 6.73. The average molecular weight is 543 g/mol. The minimum atomic E-state index is -0.674. The zero-order valence-electron chi connectivity index (χ0n) is 22.2. The van der Waals surface area contributed by atoms with Gasteiger partial charge in [0.15, 0.2) is 6.61 Å². The lowest BCUT2D eigenvalue weighted by atomic mass is 9.55. The first-order valence-corrected chi connectivity index (χ1v) is 13.6. The number of esters is 1. The molecule has 7 nitrogen and oxygen atoms in total. The van der Waals surface area contributed by atoms with Gasteiger partial charge in [0.25, 0.3) is 5.91 Å². The van der Waals surface area contributed by atoms with Crippen LogP contribution in [0.25, 0.3) is 0 Å². The second kappa shape index (κ2) is 9.55. The summed E-state index contributed by atoms with van der Waals surface area (Å²) in [6.07, 6.45) is 0. The van der Waals surface area contributed by atoms with Gasteiger partial charge in [-0.3, -0.25) is 14.4 Å². The van der Waals surface area contributed by atoms with Crippen molar-refractivity contribution in [2.75, 3.05) is 16.8 Å². The molecule has 0 unspecified atom stereocenters. The third kappa shape index (κ3) is 3.96. The number of anilines is 2. The van der Waals surface area contributed by atoms with Crippen LogP contribution in [0.5, 0.6) is 0 Å². The summed E-state index contributed by atoms with van der Waals surface area (Å²) >= 11 is 0. The molecular formula is C34H26N2O5. The van der Waals surface area contributed by atoms with Gasteiger partial charge in [0.2, 0.25) is 11.8 Å². The van der Waals surface area contributed by atoms with Crippen molar-refractivity contribution in [1.29, 1.82) is 0 Å². The van der Waals surface area contributed by atoms with Crippen LogP contribution in [0, 0.1) is 18.8 Å². The summed E-state index contributed by atoms with van der Waals surface area (Å²) in [6, 6.07) is 29.7. The predicted molar refractivity (Wildman–Crippen MR) is 153 cm³/mol. The van der Waals surface area contributed by atoms with E-state index < -0.39 is 30.3 Å². The summed E-state index contributed by atoms with van der Waals surface area (Å²) in [7, 11) is 0. The lowest BCUT2D eigenvalue weighted by Crippen LogP contribution is -2.41. The van der Waals surface area contributed by atoms with E-state index in [0.29, 0.717) is 11.4 Å². The van der Waals surface area contributed by atoms with E-state index in [1.807, 2.05) is 43.3 Å². The van der Waals surface area contributed by atoms with E-state index in [9.17, 15) is 19.2 Å². The normalized spacial score (nSPS) is 21.6. The topological polar surface area (TPSA) is 92.8 Å². The summed E-state index contributed by atoms with van der Waals surface area (Å²) < 4.78 is 5.18. The van der Waals surface area contributed by atoms with E-state index in [1.54, 1.807) is 24.3 Å². The van der Waals surface area contributed by atoms with Crippen LogP contribution in [0.4, 0.5) is 11.4 Å². The molecule has 1 heterocycles. The van der Waals surface area contributed by atoms with Gasteiger partial charge < -0.3 is 10.1 Å². The summed E-state index contributed by atoms with van der Waals surface area (Å²) in [4.78, 5) is 53.9. The zero-order chi connectivity index (χ0) is 28.2. The summed E-state index contributed by atoms with van der Waals surface area (Å²) in [5.41, 5.74) is 6.77. The molecule has 2 bridgehead atoms. The lowest BCUT2D eigenvalue weighted by molar-refractivity contribution is -0.122. The Kier molecular flexibility index (Phi) is 5.82. The standard InChI is InChI=1S/C34H26N2O5/c1-19-10-14-21(15-11-19)35-27(37)18-41-34(40)20-12-16-22(17-13-20)36-32(38)30-28-23-6-2-3-7-24(23)29(31(30)33(36)39)26-9-5-4-8-25(26)28/h2-17,28-31H,18H2,1H3,(H,35,37)/t28?,29?,30-,31-/m1/s1. The molecule has 0 spiro atoms. The molecule has 0 radical (unpaired) electrons. The molecule has 41 heavy (non-hydrogen) atoms. The quantitative estimate of drug-likeness (QED) is 0.277. The van der Waals surface area contributed by atoms with Gasteiger partial charge in [-0.2, -0.15) is 0 Å². The second-order valence-electron chi connectivity index (χ2n) is 10.8. The zero-order valence-corrected chi connectivity index (χ0v) is 22.2. The number of benzene rings is 4. The second-order valence-corrected chi connectivity index (χ2v) is 10.8. The Balaban J connectivity index is 1.09. The van der Waals surface area contributed by atoms with Crippen LogP contribution in [-0.2, 0) is 19.1 Å². The first kappa shape index (κ1) is 25.0. The summed E-state index contributed by atoms with van der Waals surface area (Å²) in [6.45, 7) is 1.51. The van der Waals surface area contributed by atoms with Crippen LogP contribution < -0.4 is 10.2 Å². The largest absolute Gasteiger partial charge is 0.452 e. The Labute approximate surface area is 236 Å². The number of hydrogen-bond donors (Lipinski definition) is 1. The van der Waals surface area contributed by atoms with Crippen molar-refractivity contribution in [2.24, 2.45) is 11.8 Å². The molecule has 7 heteroatoms. The molecule has 1 N–H and O–H groups in total. The van der Waals surface area contributed by atoms with Gasteiger partial charge >= 0.3 is 5.97 Å². The highest BCUT2D eigenvalue weighted by atomic mass is 16.5. The van der Waals surface area contributed by atoms with Crippen LogP contribution in [0.15, 0.2) is 97.1 Å². The smallest absolute Gasteiger partial charge is 0.338 e. The van der Waals surface area contributed by atoms with Gasteiger partial charge in [0.1, 0.15) is 0 Å². The minimum absolute atomic E-state index is 0.181. The molecular weight excluding hydrogens is 516 g/mol. The first-order chi connectivity index (χ1) is 19.9. The molecule has 0 aromatic heterocycles. The molecule has 2 atom stereocenters. The maximum Gasteiger partial charge on any atom is 0.338 e. The van der Waals surface area contributed by atoms with Gasteiger partial charge in [-0.05, 0) is 65.6 Å². The van der Waals surface area contributed by atoms with Gasteiger partial charge in [-0.1, -0.05) is 66.2 Å². The number of amides is 3. The van der Waals surface area contributed by atoms with Crippen LogP contribution in [-0.4, -0.2) is 30.3 Å². The molecule has 3 amide bonds. The third-order valence-electron chi connectivity index (χ3n) is 8.48. The van der Waals surface area contributed by atoms with Crippen LogP contribution in [0.1, 0.15) is 50.0 Å². The number of imide groups is 1. The minimum Gasteiger partial charge on any atom is -0.452 e. The van der Waals surface area contributed by atoms with Crippen molar-refractivity contribution in [1.82, 2.24) is 0 Å². The molecule has 1 saturated heterocycles. The fraction of sp³-hybridized carbons (Fsp3) is 0.176. The Hall–Kier alpha value is -5.04. The SMILES string of the molecule is Cc1ccc(NC(=O)COC(=O)c2ccc(N3C(=O)[C@@H]4C5c6ccccc6C(c6ccccc65)[C@H]4C3=O)cc2)cc1.